The van der Waals surface area contributed by atoms with E-state index in [0.29, 0.717) is 42.7 Å². The first kappa shape index (κ1) is 24.2. The molecule has 2 heterocycles. The van der Waals surface area contributed by atoms with E-state index in [-0.39, 0.29) is 11.9 Å². The van der Waals surface area contributed by atoms with Crippen molar-refractivity contribution >= 4 is 17.2 Å². The Kier molecular flexibility index (Phi) is 8.16. The van der Waals surface area contributed by atoms with E-state index in [0.717, 1.165) is 34.9 Å². The highest BCUT2D eigenvalue weighted by molar-refractivity contribution is 7.14. The van der Waals surface area contributed by atoms with Gasteiger partial charge in [0.25, 0.3) is 5.91 Å². The van der Waals surface area contributed by atoms with Gasteiger partial charge in [0.1, 0.15) is 4.88 Å². The molecule has 0 radical (unpaired) electrons. The zero-order chi connectivity index (χ0) is 23.9. The fraction of sp³-hybridized carbons (Fsp3) is 0.385. The van der Waals surface area contributed by atoms with Gasteiger partial charge in [0, 0.05) is 25.2 Å². The Morgan fingerprint density at radius 3 is 2.65 bits per heavy atom. The summed E-state index contributed by atoms with van der Waals surface area (Å²) < 4.78 is 16.8. The number of methoxy groups -OCH3 is 1. The Balaban J connectivity index is 1.57. The summed E-state index contributed by atoms with van der Waals surface area (Å²) in [6, 6.07) is 15.8. The summed E-state index contributed by atoms with van der Waals surface area (Å²) in [7, 11) is 1.64. The standard InChI is InChI=1S/C26H31N3O4S/c1-4-33-22-11-10-20(16-23(22)31-3)21(29-12-14-32-15-13-29)17-27-26(30)25-24(28-18(2)34-25)19-8-6-5-7-9-19/h5-11,16,21H,4,12-15,17H2,1-3H3,(H,27,30). The molecule has 34 heavy (non-hydrogen) atoms. The minimum Gasteiger partial charge on any atom is -0.493 e. The van der Waals surface area contributed by atoms with E-state index in [1.165, 1.54) is 11.3 Å². The SMILES string of the molecule is CCOc1ccc(C(CNC(=O)c2sc(C)nc2-c2ccccc2)N2CCOCC2)cc1OC. The lowest BCUT2D eigenvalue weighted by atomic mass is 10.0. The maximum absolute atomic E-state index is 13.3. The van der Waals surface area contributed by atoms with Crippen LogP contribution >= 0.6 is 11.3 Å². The van der Waals surface area contributed by atoms with Crippen LogP contribution in [0.3, 0.4) is 0 Å². The quantitative estimate of drug-likeness (QED) is 0.491. The molecule has 3 aromatic rings. The largest absolute Gasteiger partial charge is 0.493 e. The summed E-state index contributed by atoms with van der Waals surface area (Å²) in [6.07, 6.45) is 0. The highest BCUT2D eigenvalue weighted by Gasteiger charge is 2.26. The number of benzene rings is 2. The third kappa shape index (κ3) is 5.58. The summed E-state index contributed by atoms with van der Waals surface area (Å²) in [5.74, 6) is 1.29. The number of nitrogens with one attached hydrogen (secondary N) is 1. The molecule has 4 rings (SSSR count). The summed E-state index contributed by atoms with van der Waals surface area (Å²) in [5, 5.41) is 4.04. The van der Waals surface area contributed by atoms with Crippen LogP contribution in [0.25, 0.3) is 11.3 Å². The molecule has 1 amide bonds. The van der Waals surface area contributed by atoms with Crippen LogP contribution < -0.4 is 14.8 Å². The molecule has 1 N–H and O–H groups in total. The maximum atomic E-state index is 13.3. The second-order valence-electron chi connectivity index (χ2n) is 7.99. The molecule has 1 aliphatic heterocycles. The lowest BCUT2D eigenvalue weighted by Crippen LogP contribution is -2.43. The predicted octanol–water partition coefficient (Wildman–Crippen LogP) is 4.33. The summed E-state index contributed by atoms with van der Waals surface area (Å²) in [5.41, 5.74) is 2.73. The van der Waals surface area contributed by atoms with Gasteiger partial charge in [-0.3, -0.25) is 9.69 Å². The second-order valence-corrected chi connectivity index (χ2v) is 9.20. The van der Waals surface area contributed by atoms with Crippen LogP contribution in [0, 0.1) is 6.92 Å². The lowest BCUT2D eigenvalue weighted by molar-refractivity contribution is 0.0162. The van der Waals surface area contributed by atoms with Gasteiger partial charge in [0.15, 0.2) is 11.5 Å². The molecule has 1 atom stereocenters. The number of amides is 1. The molecular weight excluding hydrogens is 450 g/mol. The van der Waals surface area contributed by atoms with Gasteiger partial charge in [-0.05, 0) is 31.5 Å². The monoisotopic (exact) mass is 481 g/mol. The van der Waals surface area contributed by atoms with E-state index < -0.39 is 0 Å². The molecule has 1 saturated heterocycles. The average molecular weight is 482 g/mol. The number of hydrogen-bond acceptors (Lipinski definition) is 7. The molecule has 1 aromatic heterocycles. The van der Waals surface area contributed by atoms with Crippen molar-refractivity contribution in [2.24, 2.45) is 0 Å². The zero-order valence-corrected chi connectivity index (χ0v) is 20.7. The first-order valence-electron chi connectivity index (χ1n) is 11.5. The molecular formula is C26H31N3O4S. The Hall–Kier alpha value is -2.94. The molecule has 1 fully saturated rings. The number of aryl methyl sites for hydroxylation is 1. The molecule has 180 valence electrons. The fourth-order valence-electron chi connectivity index (χ4n) is 4.16. The van der Waals surface area contributed by atoms with Gasteiger partial charge in [-0.1, -0.05) is 36.4 Å². The number of ether oxygens (including phenoxy) is 3. The van der Waals surface area contributed by atoms with Crippen molar-refractivity contribution < 1.29 is 19.0 Å². The van der Waals surface area contributed by atoms with Crippen LogP contribution in [0.1, 0.15) is 33.2 Å². The average Bonchev–Trinajstić information content (AvgIpc) is 3.28. The Morgan fingerprint density at radius 2 is 1.94 bits per heavy atom. The van der Waals surface area contributed by atoms with E-state index in [1.54, 1.807) is 7.11 Å². The van der Waals surface area contributed by atoms with E-state index in [2.05, 4.69) is 15.2 Å². The van der Waals surface area contributed by atoms with E-state index >= 15 is 0 Å². The van der Waals surface area contributed by atoms with Crippen molar-refractivity contribution in [1.82, 2.24) is 15.2 Å². The highest BCUT2D eigenvalue weighted by atomic mass is 32.1. The lowest BCUT2D eigenvalue weighted by Gasteiger charge is -2.35. The zero-order valence-electron chi connectivity index (χ0n) is 19.9. The second kappa shape index (κ2) is 11.5. The molecule has 1 aliphatic rings. The van der Waals surface area contributed by atoms with Crippen LogP contribution in [0.5, 0.6) is 11.5 Å². The number of aromatic nitrogens is 1. The predicted molar refractivity (Wildman–Crippen MR) is 134 cm³/mol. The molecule has 8 heteroatoms. The van der Waals surface area contributed by atoms with Gasteiger partial charge < -0.3 is 19.5 Å². The van der Waals surface area contributed by atoms with Crippen molar-refractivity contribution in [2.45, 2.75) is 19.9 Å². The summed E-state index contributed by atoms with van der Waals surface area (Å²) >= 11 is 1.42. The third-order valence-corrected chi connectivity index (χ3v) is 6.77. The first-order chi connectivity index (χ1) is 16.6. The van der Waals surface area contributed by atoms with Gasteiger partial charge in [-0.2, -0.15) is 0 Å². The van der Waals surface area contributed by atoms with Crippen molar-refractivity contribution in [2.75, 3.05) is 46.6 Å². The summed E-state index contributed by atoms with van der Waals surface area (Å²) in [6.45, 7) is 7.84. The molecule has 2 aromatic carbocycles. The number of morpholine rings is 1. The van der Waals surface area contributed by atoms with Crippen LogP contribution in [0.15, 0.2) is 48.5 Å². The molecule has 7 nitrogen and oxygen atoms in total. The smallest absolute Gasteiger partial charge is 0.263 e. The van der Waals surface area contributed by atoms with Gasteiger partial charge in [0.2, 0.25) is 0 Å². The number of carbonyl (C=O) groups is 1. The van der Waals surface area contributed by atoms with Crippen LogP contribution in [-0.2, 0) is 4.74 Å². The van der Waals surface area contributed by atoms with Gasteiger partial charge in [-0.15, -0.1) is 11.3 Å². The molecule has 1 unspecified atom stereocenters. The number of thiazole rings is 1. The van der Waals surface area contributed by atoms with Crippen molar-refractivity contribution in [3.63, 3.8) is 0 Å². The minimum absolute atomic E-state index is 0.0216. The van der Waals surface area contributed by atoms with Crippen LogP contribution in [-0.4, -0.2) is 62.4 Å². The molecule has 0 saturated carbocycles. The summed E-state index contributed by atoms with van der Waals surface area (Å²) in [4.78, 5) is 20.9. The van der Waals surface area contributed by atoms with E-state index in [1.807, 2.05) is 62.4 Å². The third-order valence-electron chi connectivity index (χ3n) is 5.80. The number of rotatable bonds is 9. The van der Waals surface area contributed by atoms with Crippen LogP contribution in [0.2, 0.25) is 0 Å². The van der Waals surface area contributed by atoms with Gasteiger partial charge in [0.05, 0.1) is 43.7 Å². The topological polar surface area (TPSA) is 72.9 Å². The first-order valence-corrected chi connectivity index (χ1v) is 12.4. The molecule has 0 bridgehead atoms. The molecule has 0 aliphatic carbocycles. The van der Waals surface area contributed by atoms with Gasteiger partial charge in [-0.25, -0.2) is 4.98 Å². The highest BCUT2D eigenvalue weighted by Crippen LogP contribution is 2.33. The Labute approximate surface area is 204 Å². The number of hydrogen-bond donors (Lipinski definition) is 1. The van der Waals surface area contributed by atoms with Gasteiger partial charge >= 0.3 is 0 Å². The maximum Gasteiger partial charge on any atom is 0.263 e. The Bertz CT molecular complexity index is 1100. The minimum atomic E-state index is -0.111. The van der Waals surface area contributed by atoms with E-state index in [4.69, 9.17) is 14.2 Å². The van der Waals surface area contributed by atoms with E-state index in [9.17, 15) is 4.79 Å². The fourth-order valence-corrected chi connectivity index (χ4v) is 5.01. The van der Waals surface area contributed by atoms with Crippen molar-refractivity contribution in [1.29, 1.82) is 0 Å². The van der Waals surface area contributed by atoms with Crippen molar-refractivity contribution in [3.8, 4) is 22.8 Å². The van der Waals surface area contributed by atoms with Crippen LogP contribution in [0.4, 0.5) is 0 Å². The Morgan fingerprint density at radius 1 is 1.18 bits per heavy atom. The normalized spacial score (nSPS) is 15.0. The van der Waals surface area contributed by atoms with Crippen molar-refractivity contribution in [3.05, 3.63) is 64.0 Å². The number of carbonyl (C=O) groups excluding carboxylic acids is 1. The number of nitrogens with zero attached hydrogens (tertiary/aromatic N) is 2. The molecule has 0 spiro atoms.